The van der Waals surface area contributed by atoms with Crippen molar-refractivity contribution in [2.75, 3.05) is 7.11 Å². The largest absolute Gasteiger partial charge is 2.00 e. The molecule has 0 aliphatic carbocycles. The van der Waals surface area contributed by atoms with Gasteiger partial charge in [0.05, 0.1) is 0 Å². The fraction of sp³-hybridized carbons (Fsp3) is 0.750. The molecule has 34 valence electrons. The molecule has 0 saturated heterocycles. The fourth-order valence-electron chi connectivity index (χ4n) is 0. The van der Waals surface area contributed by atoms with Gasteiger partial charge >= 0.3 is 23.1 Å². The molecule has 0 unspecified atom stereocenters. The molecule has 0 aromatic heterocycles. The maximum atomic E-state index is 8.25. The Morgan fingerprint density at radius 3 is 1.17 bits per heavy atom. The SMILES string of the molecule is C[CH-]C.C[O-].[Mg+2]. The van der Waals surface area contributed by atoms with Crippen molar-refractivity contribution in [2.24, 2.45) is 0 Å². The number of hydrogen-bond donors (Lipinski definition) is 0. The van der Waals surface area contributed by atoms with E-state index in [1.807, 2.05) is 20.3 Å². The molecule has 6 heavy (non-hydrogen) atoms. The van der Waals surface area contributed by atoms with Crippen LogP contribution in [0.3, 0.4) is 0 Å². The minimum absolute atomic E-state index is 0. The molecule has 0 saturated carbocycles. The summed E-state index contributed by atoms with van der Waals surface area (Å²) in [7, 11) is 0.750. The van der Waals surface area contributed by atoms with E-state index >= 15 is 0 Å². The van der Waals surface area contributed by atoms with Crippen molar-refractivity contribution >= 4 is 23.1 Å². The van der Waals surface area contributed by atoms with Crippen molar-refractivity contribution < 1.29 is 5.11 Å². The topological polar surface area (TPSA) is 23.1 Å². The van der Waals surface area contributed by atoms with Gasteiger partial charge in [-0.3, -0.25) is 0 Å². The van der Waals surface area contributed by atoms with Gasteiger partial charge in [-0.1, -0.05) is 0 Å². The van der Waals surface area contributed by atoms with Crippen LogP contribution in [0.2, 0.25) is 0 Å². The van der Waals surface area contributed by atoms with Crippen molar-refractivity contribution in [3.05, 3.63) is 6.42 Å². The van der Waals surface area contributed by atoms with Crippen LogP contribution < -0.4 is 5.11 Å². The second-order valence-corrected chi connectivity index (χ2v) is 0.577. The zero-order valence-electron chi connectivity index (χ0n) is 4.69. The monoisotopic (exact) mass is 98.1 g/mol. The third kappa shape index (κ3) is 124. The zero-order valence-corrected chi connectivity index (χ0v) is 6.11. The van der Waals surface area contributed by atoms with Gasteiger partial charge in [-0.15, -0.1) is 0 Å². The van der Waals surface area contributed by atoms with Crippen LogP contribution in [0.1, 0.15) is 13.8 Å². The van der Waals surface area contributed by atoms with E-state index in [0.717, 1.165) is 7.11 Å². The van der Waals surface area contributed by atoms with Crippen molar-refractivity contribution in [1.82, 2.24) is 0 Å². The second-order valence-electron chi connectivity index (χ2n) is 0.577. The Balaban J connectivity index is -0.0000000275. The summed E-state index contributed by atoms with van der Waals surface area (Å²) in [6.45, 7) is 4.00. The fourth-order valence-corrected chi connectivity index (χ4v) is 0. The summed E-state index contributed by atoms with van der Waals surface area (Å²) in [6, 6.07) is 0. The third-order valence-electron chi connectivity index (χ3n) is 0. The Morgan fingerprint density at radius 1 is 1.17 bits per heavy atom. The number of rotatable bonds is 0. The molecule has 0 heterocycles. The zero-order chi connectivity index (χ0) is 4.71. The first kappa shape index (κ1) is 15.9. The maximum Gasteiger partial charge on any atom is 2.00 e. The summed E-state index contributed by atoms with van der Waals surface area (Å²) in [5, 5.41) is 8.25. The van der Waals surface area contributed by atoms with E-state index in [-0.39, 0.29) is 23.1 Å². The quantitative estimate of drug-likeness (QED) is 0.305. The van der Waals surface area contributed by atoms with E-state index in [4.69, 9.17) is 5.11 Å². The summed E-state index contributed by atoms with van der Waals surface area (Å²) in [4.78, 5) is 0. The van der Waals surface area contributed by atoms with Crippen LogP contribution in [0.5, 0.6) is 0 Å². The molecule has 0 aliphatic heterocycles. The van der Waals surface area contributed by atoms with E-state index in [9.17, 15) is 0 Å². The van der Waals surface area contributed by atoms with Crippen molar-refractivity contribution in [3.8, 4) is 0 Å². The summed E-state index contributed by atoms with van der Waals surface area (Å²) >= 11 is 0. The number of hydrogen-bond acceptors (Lipinski definition) is 1. The van der Waals surface area contributed by atoms with Gasteiger partial charge in [0.1, 0.15) is 0 Å². The van der Waals surface area contributed by atoms with Crippen molar-refractivity contribution in [3.63, 3.8) is 0 Å². The molecule has 1 nitrogen and oxygen atoms in total. The van der Waals surface area contributed by atoms with Gasteiger partial charge in [0, 0.05) is 0 Å². The molecule has 0 fully saturated rings. The predicted molar refractivity (Wildman–Crippen MR) is 27.3 cm³/mol. The van der Waals surface area contributed by atoms with E-state index in [1.165, 1.54) is 0 Å². The molecule has 0 rings (SSSR count). The average molecular weight is 98.4 g/mol. The predicted octanol–water partition coefficient (Wildman–Crippen LogP) is -0.174. The molecule has 0 N–H and O–H groups in total. The normalized spacial score (nSPS) is 4.00. The van der Waals surface area contributed by atoms with Crippen LogP contribution in [-0.2, 0) is 0 Å². The molecule has 0 aliphatic rings. The third-order valence-corrected chi connectivity index (χ3v) is 0. The molecule has 0 radical (unpaired) electrons. The molecule has 0 atom stereocenters. The van der Waals surface area contributed by atoms with Gasteiger partial charge < -0.3 is 11.5 Å². The van der Waals surface area contributed by atoms with Crippen LogP contribution in [0, 0.1) is 6.42 Å². The molecule has 0 spiro atoms. The Morgan fingerprint density at radius 2 is 1.17 bits per heavy atom. The summed E-state index contributed by atoms with van der Waals surface area (Å²) in [6.07, 6.45) is 2.00. The molecule has 0 aromatic carbocycles. The van der Waals surface area contributed by atoms with E-state index < -0.39 is 0 Å². The smallest absolute Gasteiger partial charge is 0.857 e. The first-order chi connectivity index (χ1) is 2.41. The van der Waals surface area contributed by atoms with Crippen LogP contribution in [0.25, 0.3) is 0 Å². The van der Waals surface area contributed by atoms with Gasteiger partial charge in [-0.2, -0.15) is 21.0 Å². The molecular formula is C4H10MgO. The minimum atomic E-state index is 0. The summed E-state index contributed by atoms with van der Waals surface area (Å²) < 4.78 is 0. The Kier molecular flexibility index (Phi) is 114. The van der Waals surface area contributed by atoms with Gasteiger partial charge in [0.15, 0.2) is 0 Å². The average Bonchev–Trinajstić information content (AvgIpc) is 1.46. The molecule has 0 bridgehead atoms. The summed E-state index contributed by atoms with van der Waals surface area (Å²) in [5.41, 5.74) is 0. The van der Waals surface area contributed by atoms with Crippen molar-refractivity contribution in [2.45, 2.75) is 13.8 Å². The Bertz CT molecular complexity index is 7.51. The maximum absolute atomic E-state index is 8.25. The van der Waals surface area contributed by atoms with Crippen LogP contribution >= 0.6 is 0 Å². The summed E-state index contributed by atoms with van der Waals surface area (Å²) in [5.74, 6) is 0. The molecular weight excluding hydrogens is 88.3 g/mol. The van der Waals surface area contributed by atoms with E-state index in [0.29, 0.717) is 0 Å². The first-order valence-corrected chi connectivity index (χ1v) is 1.56. The van der Waals surface area contributed by atoms with Gasteiger partial charge in [0.2, 0.25) is 0 Å². The van der Waals surface area contributed by atoms with Gasteiger partial charge in [-0.05, 0) is 0 Å². The van der Waals surface area contributed by atoms with Crippen LogP contribution in [0.15, 0.2) is 0 Å². The van der Waals surface area contributed by atoms with Crippen LogP contribution in [0.4, 0.5) is 0 Å². The molecule has 0 amide bonds. The Hall–Kier alpha value is 0.726. The van der Waals surface area contributed by atoms with Crippen LogP contribution in [-0.4, -0.2) is 30.2 Å². The standard InChI is InChI=1S/C3H7.CH3O.Mg/c1-3-2;1-2;/h3H,1-2H3;1H3;/q2*-1;+2. The second kappa shape index (κ2) is 42.9. The van der Waals surface area contributed by atoms with Crippen molar-refractivity contribution in [1.29, 1.82) is 0 Å². The molecule has 2 heteroatoms. The van der Waals surface area contributed by atoms with E-state index in [2.05, 4.69) is 0 Å². The molecule has 0 aromatic rings. The Labute approximate surface area is 55.9 Å². The van der Waals surface area contributed by atoms with E-state index in [1.54, 1.807) is 0 Å². The minimum Gasteiger partial charge on any atom is -0.857 e. The van der Waals surface area contributed by atoms with Gasteiger partial charge in [0.25, 0.3) is 0 Å². The first-order valence-electron chi connectivity index (χ1n) is 1.56. The van der Waals surface area contributed by atoms with Gasteiger partial charge in [-0.25, -0.2) is 0 Å².